The highest BCUT2D eigenvalue weighted by Crippen LogP contribution is 2.18. The van der Waals surface area contributed by atoms with E-state index in [1.54, 1.807) is 0 Å². The third-order valence-electron chi connectivity index (χ3n) is 2.85. The molecule has 0 radical (unpaired) electrons. The summed E-state index contributed by atoms with van der Waals surface area (Å²) in [5.41, 5.74) is 8.96. The molecule has 1 unspecified atom stereocenters. The van der Waals surface area contributed by atoms with Crippen molar-refractivity contribution in [3.63, 3.8) is 0 Å². The molecule has 0 saturated carbocycles. The van der Waals surface area contributed by atoms with Crippen LogP contribution < -0.4 is 5.73 Å². The van der Waals surface area contributed by atoms with Crippen LogP contribution in [-0.4, -0.2) is 11.0 Å². The van der Waals surface area contributed by atoms with Crippen LogP contribution >= 0.6 is 0 Å². The van der Waals surface area contributed by atoms with Crippen LogP contribution in [0.5, 0.6) is 0 Å². The smallest absolute Gasteiger partial charge is 0.197 e. The minimum Gasteiger partial charge on any atom is -0.441 e. The van der Waals surface area contributed by atoms with E-state index in [0.717, 1.165) is 17.0 Å². The number of fused-ring (bicyclic) bond motifs is 1. The Balaban J connectivity index is 2.26. The summed E-state index contributed by atoms with van der Waals surface area (Å²) in [4.78, 5) is 4.45. The normalized spacial score (nSPS) is 13.6. The van der Waals surface area contributed by atoms with Crippen molar-refractivity contribution in [2.24, 2.45) is 11.7 Å². The number of nitrogens with zero attached hydrogens (tertiary/aromatic N) is 1. The van der Waals surface area contributed by atoms with Gasteiger partial charge in [-0.3, -0.25) is 0 Å². The van der Waals surface area contributed by atoms with Gasteiger partial charge in [-0.05, 0) is 30.5 Å². The lowest BCUT2D eigenvalue weighted by atomic mass is 10.0. The first-order valence-corrected chi connectivity index (χ1v) is 5.68. The monoisotopic (exact) mass is 218 g/mol. The third-order valence-corrected chi connectivity index (χ3v) is 2.85. The Morgan fingerprint density at radius 1 is 1.38 bits per heavy atom. The molecule has 2 aromatic rings. The minimum atomic E-state index is 0.106. The Morgan fingerprint density at radius 3 is 2.81 bits per heavy atom. The van der Waals surface area contributed by atoms with Gasteiger partial charge in [0.2, 0.25) is 0 Å². The van der Waals surface area contributed by atoms with Gasteiger partial charge in [0.05, 0.1) is 0 Å². The lowest BCUT2D eigenvalue weighted by Crippen LogP contribution is -2.28. The van der Waals surface area contributed by atoms with E-state index >= 15 is 0 Å². The molecular weight excluding hydrogens is 200 g/mol. The maximum atomic E-state index is 6.00. The fourth-order valence-electron chi connectivity index (χ4n) is 1.61. The number of aromatic nitrogens is 1. The summed E-state index contributed by atoms with van der Waals surface area (Å²) in [5.74, 6) is 1.18. The topological polar surface area (TPSA) is 52.0 Å². The molecule has 1 aromatic carbocycles. The lowest BCUT2D eigenvalue weighted by Gasteiger charge is -2.12. The number of hydrogen-bond donors (Lipinski definition) is 1. The molecule has 2 N–H and O–H groups in total. The molecule has 3 heteroatoms. The zero-order chi connectivity index (χ0) is 11.7. The van der Waals surface area contributed by atoms with E-state index in [1.807, 2.05) is 25.1 Å². The van der Waals surface area contributed by atoms with E-state index in [1.165, 1.54) is 5.56 Å². The largest absolute Gasteiger partial charge is 0.441 e. The fourth-order valence-corrected chi connectivity index (χ4v) is 1.61. The second kappa shape index (κ2) is 4.26. The van der Waals surface area contributed by atoms with E-state index in [4.69, 9.17) is 10.2 Å². The number of hydrogen-bond acceptors (Lipinski definition) is 3. The number of rotatable bonds is 3. The summed E-state index contributed by atoms with van der Waals surface area (Å²) in [7, 11) is 0. The summed E-state index contributed by atoms with van der Waals surface area (Å²) in [6.45, 7) is 6.27. The van der Waals surface area contributed by atoms with Gasteiger partial charge in [-0.1, -0.05) is 19.9 Å². The van der Waals surface area contributed by atoms with Gasteiger partial charge < -0.3 is 10.2 Å². The van der Waals surface area contributed by atoms with Crippen LogP contribution in [0.15, 0.2) is 22.6 Å². The summed E-state index contributed by atoms with van der Waals surface area (Å²) in [6, 6.07) is 6.12. The van der Waals surface area contributed by atoms with Crippen molar-refractivity contribution in [3.8, 4) is 0 Å². The standard InChI is InChI=1S/C13H18N2O/c1-8(2)10(14)7-13-15-11-6-9(3)4-5-12(11)16-13/h4-6,8,10H,7,14H2,1-3H3. The molecule has 3 nitrogen and oxygen atoms in total. The van der Waals surface area contributed by atoms with Gasteiger partial charge >= 0.3 is 0 Å². The van der Waals surface area contributed by atoms with Gasteiger partial charge in [0.15, 0.2) is 11.5 Å². The van der Waals surface area contributed by atoms with E-state index in [-0.39, 0.29) is 6.04 Å². The van der Waals surface area contributed by atoms with Gasteiger partial charge in [0.25, 0.3) is 0 Å². The number of nitrogens with two attached hydrogens (primary N) is 1. The summed E-state index contributed by atoms with van der Waals surface area (Å²) < 4.78 is 5.65. The summed E-state index contributed by atoms with van der Waals surface area (Å²) in [5, 5.41) is 0. The molecular formula is C13H18N2O. The zero-order valence-electron chi connectivity index (χ0n) is 10.0. The highest BCUT2D eigenvalue weighted by Gasteiger charge is 2.13. The first-order valence-electron chi connectivity index (χ1n) is 5.68. The molecule has 2 rings (SSSR count). The Labute approximate surface area is 95.7 Å². The highest BCUT2D eigenvalue weighted by atomic mass is 16.3. The van der Waals surface area contributed by atoms with Crippen molar-refractivity contribution in [2.75, 3.05) is 0 Å². The van der Waals surface area contributed by atoms with Crippen molar-refractivity contribution >= 4 is 11.1 Å². The summed E-state index contributed by atoms with van der Waals surface area (Å²) in [6.07, 6.45) is 0.700. The van der Waals surface area contributed by atoms with Gasteiger partial charge in [0.1, 0.15) is 5.52 Å². The van der Waals surface area contributed by atoms with Crippen molar-refractivity contribution in [2.45, 2.75) is 33.2 Å². The van der Waals surface area contributed by atoms with Crippen molar-refractivity contribution < 1.29 is 4.42 Å². The maximum absolute atomic E-state index is 6.00. The van der Waals surface area contributed by atoms with Crippen molar-refractivity contribution in [1.82, 2.24) is 4.98 Å². The maximum Gasteiger partial charge on any atom is 0.197 e. The number of benzene rings is 1. The molecule has 0 amide bonds. The van der Waals surface area contributed by atoms with Gasteiger partial charge in [0, 0.05) is 12.5 Å². The molecule has 0 aliphatic carbocycles. The summed E-state index contributed by atoms with van der Waals surface area (Å²) >= 11 is 0. The molecule has 0 aliphatic heterocycles. The van der Waals surface area contributed by atoms with Crippen LogP contribution in [0.4, 0.5) is 0 Å². The second-order valence-electron chi connectivity index (χ2n) is 4.69. The highest BCUT2D eigenvalue weighted by molar-refractivity contribution is 5.73. The lowest BCUT2D eigenvalue weighted by molar-refractivity contribution is 0.433. The van der Waals surface area contributed by atoms with Crippen LogP contribution in [0.25, 0.3) is 11.1 Å². The average molecular weight is 218 g/mol. The fraction of sp³-hybridized carbons (Fsp3) is 0.462. The SMILES string of the molecule is Cc1ccc2oc(CC(N)C(C)C)nc2c1. The van der Waals surface area contributed by atoms with E-state index in [2.05, 4.69) is 18.8 Å². The van der Waals surface area contributed by atoms with E-state index in [0.29, 0.717) is 12.3 Å². The predicted octanol–water partition coefficient (Wildman–Crippen LogP) is 2.66. The Morgan fingerprint density at radius 2 is 2.12 bits per heavy atom. The van der Waals surface area contributed by atoms with Crippen LogP contribution in [0, 0.1) is 12.8 Å². The molecule has 0 aliphatic rings. The predicted molar refractivity (Wildman–Crippen MR) is 65.3 cm³/mol. The van der Waals surface area contributed by atoms with Gasteiger partial charge in [-0.15, -0.1) is 0 Å². The van der Waals surface area contributed by atoms with Crippen LogP contribution in [0.2, 0.25) is 0 Å². The zero-order valence-corrected chi connectivity index (χ0v) is 10.0. The van der Waals surface area contributed by atoms with E-state index in [9.17, 15) is 0 Å². The van der Waals surface area contributed by atoms with Gasteiger partial charge in [-0.2, -0.15) is 0 Å². The quantitative estimate of drug-likeness (QED) is 0.861. The molecule has 86 valence electrons. The van der Waals surface area contributed by atoms with Crippen LogP contribution in [0.3, 0.4) is 0 Å². The Bertz CT molecular complexity index is 488. The first-order chi connectivity index (χ1) is 7.56. The first kappa shape index (κ1) is 11.1. The van der Waals surface area contributed by atoms with Gasteiger partial charge in [-0.25, -0.2) is 4.98 Å². The molecule has 1 aromatic heterocycles. The Kier molecular flexibility index (Phi) is 2.97. The number of aryl methyl sites for hydroxylation is 1. The third kappa shape index (κ3) is 2.25. The molecule has 0 fully saturated rings. The van der Waals surface area contributed by atoms with Crippen molar-refractivity contribution in [1.29, 1.82) is 0 Å². The minimum absolute atomic E-state index is 0.106. The molecule has 16 heavy (non-hydrogen) atoms. The Hall–Kier alpha value is -1.35. The number of oxazole rings is 1. The molecule has 0 bridgehead atoms. The van der Waals surface area contributed by atoms with Crippen LogP contribution in [-0.2, 0) is 6.42 Å². The molecule has 0 spiro atoms. The molecule has 0 saturated heterocycles. The molecule has 1 atom stereocenters. The van der Waals surface area contributed by atoms with Crippen LogP contribution in [0.1, 0.15) is 25.3 Å². The second-order valence-corrected chi connectivity index (χ2v) is 4.69. The van der Waals surface area contributed by atoms with E-state index < -0.39 is 0 Å². The average Bonchev–Trinajstić information content (AvgIpc) is 2.58. The van der Waals surface area contributed by atoms with Crippen molar-refractivity contribution in [3.05, 3.63) is 29.7 Å². The molecule has 1 heterocycles.